The Morgan fingerprint density at radius 2 is 1.86 bits per heavy atom. The number of nitrogens with one attached hydrogen (secondary N) is 1. The largest absolute Gasteiger partial charge is 0.357 e. The van der Waals surface area contributed by atoms with Gasteiger partial charge in [-0.2, -0.15) is 0 Å². The van der Waals surface area contributed by atoms with E-state index in [0.717, 1.165) is 57.1 Å². The summed E-state index contributed by atoms with van der Waals surface area (Å²) < 4.78 is 0. The van der Waals surface area contributed by atoms with Gasteiger partial charge < -0.3 is 15.1 Å². The summed E-state index contributed by atoms with van der Waals surface area (Å²) >= 11 is 0. The second kappa shape index (κ2) is 8.39. The molecule has 2 unspecified atom stereocenters. The van der Waals surface area contributed by atoms with Crippen LogP contribution in [0.4, 0.5) is 0 Å². The quantitative estimate of drug-likeness (QED) is 0.640. The third kappa shape index (κ3) is 4.89. The highest BCUT2D eigenvalue weighted by Gasteiger charge is 2.22. The molecule has 2 atom stereocenters. The van der Waals surface area contributed by atoms with Crippen molar-refractivity contribution in [1.82, 2.24) is 15.1 Å². The Bertz CT molecular complexity index is 388. The van der Waals surface area contributed by atoms with E-state index in [9.17, 15) is 4.79 Å². The molecule has 1 aliphatic heterocycles. The molecule has 0 aromatic heterocycles. The van der Waals surface area contributed by atoms with Crippen LogP contribution in [0.2, 0.25) is 0 Å². The molecule has 22 heavy (non-hydrogen) atoms. The van der Waals surface area contributed by atoms with Crippen LogP contribution in [-0.4, -0.2) is 60.9 Å². The molecule has 5 heteroatoms. The summed E-state index contributed by atoms with van der Waals surface area (Å²) in [7, 11) is 0. The zero-order chi connectivity index (χ0) is 15.9. The molecule has 0 radical (unpaired) electrons. The van der Waals surface area contributed by atoms with Gasteiger partial charge in [0, 0.05) is 46.2 Å². The van der Waals surface area contributed by atoms with Crippen molar-refractivity contribution in [3.63, 3.8) is 0 Å². The van der Waals surface area contributed by atoms with Crippen LogP contribution in [0.1, 0.15) is 46.5 Å². The number of amides is 1. The standard InChI is InChI=1S/C17H32N4O/c1-4-18-17(19-13-16-7-5-6-14(2)12-16)21-10-8-20(9-11-21)15(3)22/h14,16H,4-13H2,1-3H3,(H,18,19). The molecule has 2 fully saturated rings. The van der Waals surface area contributed by atoms with Crippen molar-refractivity contribution >= 4 is 11.9 Å². The smallest absolute Gasteiger partial charge is 0.219 e. The highest BCUT2D eigenvalue weighted by Crippen LogP contribution is 2.28. The molecule has 2 rings (SSSR count). The van der Waals surface area contributed by atoms with E-state index < -0.39 is 0 Å². The molecule has 0 aromatic rings. The Morgan fingerprint density at radius 3 is 2.45 bits per heavy atom. The minimum absolute atomic E-state index is 0.179. The van der Waals surface area contributed by atoms with E-state index >= 15 is 0 Å². The van der Waals surface area contributed by atoms with Crippen LogP contribution in [0.25, 0.3) is 0 Å². The minimum atomic E-state index is 0.179. The second-order valence-corrected chi connectivity index (χ2v) is 6.83. The molecule has 1 saturated heterocycles. The van der Waals surface area contributed by atoms with Crippen LogP contribution in [0.5, 0.6) is 0 Å². The summed E-state index contributed by atoms with van der Waals surface area (Å²) in [6.07, 6.45) is 5.38. The Morgan fingerprint density at radius 1 is 1.18 bits per heavy atom. The second-order valence-electron chi connectivity index (χ2n) is 6.83. The SMILES string of the molecule is CCNC(=NCC1CCCC(C)C1)N1CCN(C(C)=O)CC1. The molecule has 2 aliphatic rings. The maximum Gasteiger partial charge on any atom is 0.219 e. The monoisotopic (exact) mass is 308 g/mol. The van der Waals surface area contributed by atoms with Crippen molar-refractivity contribution in [3.05, 3.63) is 0 Å². The van der Waals surface area contributed by atoms with E-state index in [0.29, 0.717) is 0 Å². The average molecular weight is 308 g/mol. The van der Waals surface area contributed by atoms with Gasteiger partial charge >= 0.3 is 0 Å². The topological polar surface area (TPSA) is 47.9 Å². The highest BCUT2D eigenvalue weighted by molar-refractivity contribution is 5.80. The first kappa shape index (κ1) is 17.1. The Labute approximate surface area is 135 Å². The van der Waals surface area contributed by atoms with E-state index in [1.807, 2.05) is 4.90 Å². The lowest BCUT2D eigenvalue weighted by Gasteiger charge is -2.36. The van der Waals surface area contributed by atoms with Gasteiger partial charge in [-0.1, -0.05) is 19.8 Å². The van der Waals surface area contributed by atoms with Gasteiger partial charge in [0.05, 0.1) is 0 Å². The van der Waals surface area contributed by atoms with Crippen molar-refractivity contribution in [2.45, 2.75) is 46.5 Å². The average Bonchev–Trinajstić information content (AvgIpc) is 2.51. The number of aliphatic imine (C=N–C) groups is 1. The number of guanidine groups is 1. The first-order valence-corrected chi connectivity index (χ1v) is 8.89. The number of carbonyl (C=O) groups excluding carboxylic acids is 1. The van der Waals surface area contributed by atoms with Gasteiger partial charge in [-0.25, -0.2) is 0 Å². The van der Waals surface area contributed by atoms with Crippen LogP contribution in [0, 0.1) is 11.8 Å². The Kier molecular flexibility index (Phi) is 6.52. The van der Waals surface area contributed by atoms with E-state index in [1.54, 1.807) is 6.92 Å². The van der Waals surface area contributed by atoms with Crippen LogP contribution in [0.15, 0.2) is 4.99 Å². The first-order valence-electron chi connectivity index (χ1n) is 8.89. The lowest BCUT2D eigenvalue weighted by Crippen LogP contribution is -2.53. The molecular weight excluding hydrogens is 276 g/mol. The highest BCUT2D eigenvalue weighted by atomic mass is 16.2. The molecule has 126 valence electrons. The first-order chi connectivity index (χ1) is 10.6. The number of carbonyl (C=O) groups is 1. The van der Waals surface area contributed by atoms with Gasteiger partial charge in [0.15, 0.2) is 5.96 Å². The molecule has 1 amide bonds. The number of piperazine rings is 1. The fourth-order valence-corrected chi connectivity index (χ4v) is 3.60. The third-order valence-corrected chi connectivity index (χ3v) is 4.90. The number of nitrogens with zero attached hydrogens (tertiary/aromatic N) is 3. The van der Waals surface area contributed by atoms with Crippen molar-refractivity contribution in [2.75, 3.05) is 39.3 Å². The number of hydrogen-bond donors (Lipinski definition) is 1. The maximum absolute atomic E-state index is 11.4. The summed E-state index contributed by atoms with van der Waals surface area (Å²) in [5, 5.41) is 3.42. The molecule has 0 bridgehead atoms. The maximum atomic E-state index is 11.4. The summed E-state index contributed by atoms with van der Waals surface area (Å²) in [6, 6.07) is 0. The molecule has 1 aliphatic carbocycles. The van der Waals surface area contributed by atoms with Gasteiger partial charge in [-0.05, 0) is 31.6 Å². The Hall–Kier alpha value is -1.26. The normalized spacial score (nSPS) is 27.0. The van der Waals surface area contributed by atoms with E-state index in [1.165, 1.54) is 25.7 Å². The minimum Gasteiger partial charge on any atom is -0.357 e. The zero-order valence-corrected chi connectivity index (χ0v) is 14.5. The molecule has 5 nitrogen and oxygen atoms in total. The predicted molar refractivity (Wildman–Crippen MR) is 90.9 cm³/mol. The van der Waals surface area contributed by atoms with Crippen molar-refractivity contribution in [3.8, 4) is 0 Å². The van der Waals surface area contributed by atoms with Gasteiger partial charge in [-0.3, -0.25) is 9.79 Å². The van der Waals surface area contributed by atoms with E-state index in [4.69, 9.17) is 4.99 Å². The molecule has 0 aromatic carbocycles. The Balaban J connectivity index is 1.88. The lowest BCUT2D eigenvalue weighted by atomic mass is 9.82. The summed E-state index contributed by atoms with van der Waals surface area (Å²) in [5.41, 5.74) is 0. The molecule has 0 spiro atoms. The number of hydrogen-bond acceptors (Lipinski definition) is 2. The third-order valence-electron chi connectivity index (χ3n) is 4.90. The molecular formula is C17H32N4O. The summed E-state index contributed by atoms with van der Waals surface area (Å²) in [4.78, 5) is 20.5. The fourth-order valence-electron chi connectivity index (χ4n) is 3.60. The van der Waals surface area contributed by atoms with Gasteiger partial charge in [0.25, 0.3) is 0 Å². The van der Waals surface area contributed by atoms with Crippen molar-refractivity contribution in [1.29, 1.82) is 0 Å². The van der Waals surface area contributed by atoms with Crippen molar-refractivity contribution in [2.24, 2.45) is 16.8 Å². The molecule has 1 saturated carbocycles. The van der Waals surface area contributed by atoms with Gasteiger partial charge in [0.1, 0.15) is 0 Å². The lowest BCUT2D eigenvalue weighted by molar-refractivity contribution is -0.130. The fraction of sp³-hybridized carbons (Fsp3) is 0.882. The van der Waals surface area contributed by atoms with Gasteiger partial charge in [-0.15, -0.1) is 0 Å². The van der Waals surface area contributed by atoms with E-state index in [-0.39, 0.29) is 5.91 Å². The molecule has 1 heterocycles. The number of rotatable bonds is 3. The van der Waals surface area contributed by atoms with Crippen LogP contribution < -0.4 is 5.32 Å². The molecule has 1 N–H and O–H groups in total. The summed E-state index contributed by atoms with van der Waals surface area (Å²) in [5.74, 6) is 2.81. The predicted octanol–water partition coefficient (Wildman–Crippen LogP) is 1.94. The summed E-state index contributed by atoms with van der Waals surface area (Å²) in [6.45, 7) is 11.3. The zero-order valence-electron chi connectivity index (χ0n) is 14.5. The van der Waals surface area contributed by atoms with Crippen LogP contribution in [0.3, 0.4) is 0 Å². The van der Waals surface area contributed by atoms with Gasteiger partial charge in [0.2, 0.25) is 5.91 Å². The van der Waals surface area contributed by atoms with Crippen LogP contribution >= 0.6 is 0 Å². The van der Waals surface area contributed by atoms with E-state index in [2.05, 4.69) is 24.1 Å². The van der Waals surface area contributed by atoms with Crippen LogP contribution in [-0.2, 0) is 4.79 Å². The van der Waals surface area contributed by atoms with Crippen molar-refractivity contribution < 1.29 is 4.79 Å².